The highest BCUT2D eigenvalue weighted by Gasteiger charge is 2.23. The van der Waals surface area contributed by atoms with Crippen molar-refractivity contribution in [3.63, 3.8) is 0 Å². The van der Waals surface area contributed by atoms with E-state index >= 15 is 0 Å². The third-order valence-electron chi connectivity index (χ3n) is 3.19. The van der Waals surface area contributed by atoms with Gasteiger partial charge in [-0.05, 0) is 19.4 Å². The molecule has 0 aromatic heterocycles. The third kappa shape index (κ3) is 3.66. The molecule has 0 saturated heterocycles. The van der Waals surface area contributed by atoms with Gasteiger partial charge in [0.15, 0.2) is 0 Å². The second-order valence-corrected chi connectivity index (χ2v) is 4.67. The zero-order valence-electron chi connectivity index (χ0n) is 11.1. The van der Waals surface area contributed by atoms with Crippen LogP contribution in [0.15, 0.2) is 36.4 Å². The largest absolute Gasteiger partial charge is 0.377 e. The summed E-state index contributed by atoms with van der Waals surface area (Å²) >= 11 is 0. The maximum atomic E-state index is 12.1. The van der Waals surface area contributed by atoms with Gasteiger partial charge in [-0.2, -0.15) is 0 Å². The van der Waals surface area contributed by atoms with Crippen LogP contribution < -0.4 is 11.1 Å². The Morgan fingerprint density at radius 3 is 2.89 bits per heavy atom. The minimum Gasteiger partial charge on any atom is -0.377 e. The van der Waals surface area contributed by atoms with Crippen molar-refractivity contribution in [3.05, 3.63) is 42.0 Å². The van der Waals surface area contributed by atoms with Crippen LogP contribution in [0.5, 0.6) is 0 Å². The number of nitrogens with one attached hydrogen (secondary N) is 1. The molecule has 2 atom stereocenters. The van der Waals surface area contributed by atoms with Gasteiger partial charge in [-0.3, -0.25) is 4.79 Å². The topological polar surface area (TPSA) is 64.3 Å². The second kappa shape index (κ2) is 6.50. The Kier molecular flexibility index (Phi) is 4.71. The molecular formula is C15H20N2O2. The lowest BCUT2D eigenvalue weighted by molar-refractivity contribution is -0.118. The van der Waals surface area contributed by atoms with Gasteiger partial charge >= 0.3 is 0 Å². The van der Waals surface area contributed by atoms with Crippen molar-refractivity contribution >= 4 is 11.6 Å². The first-order valence-corrected chi connectivity index (χ1v) is 6.61. The van der Waals surface area contributed by atoms with Gasteiger partial charge in [0.25, 0.3) is 0 Å². The molecular weight excluding hydrogens is 240 g/mol. The molecule has 1 aliphatic carbocycles. The molecule has 0 spiro atoms. The van der Waals surface area contributed by atoms with Crippen molar-refractivity contribution in [2.24, 2.45) is 11.7 Å². The number of amides is 1. The van der Waals surface area contributed by atoms with Crippen LogP contribution >= 0.6 is 0 Å². The van der Waals surface area contributed by atoms with E-state index in [0.29, 0.717) is 19.6 Å². The number of benzene rings is 1. The van der Waals surface area contributed by atoms with Crippen molar-refractivity contribution in [1.29, 1.82) is 0 Å². The van der Waals surface area contributed by atoms with Crippen LogP contribution in [-0.4, -0.2) is 18.6 Å². The zero-order valence-corrected chi connectivity index (χ0v) is 11.1. The number of hydrogen-bond donors (Lipinski definition) is 2. The van der Waals surface area contributed by atoms with E-state index < -0.39 is 0 Å². The van der Waals surface area contributed by atoms with E-state index in [1.807, 2.05) is 43.3 Å². The first kappa shape index (κ1) is 13.8. The van der Waals surface area contributed by atoms with Crippen LogP contribution in [-0.2, 0) is 16.1 Å². The molecule has 4 nitrogen and oxygen atoms in total. The van der Waals surface area contributed by atoms with Crippen LogP contribution in [0.25, 0.3) is 0 Å². The maximum Gasteiger partial charge on any atom is 0.231 e. The summed E-state index contributed by atoms with van der Waals surface area (Å²) in [5.74, 6) is -0.136. The standard InChI is InChI=1S/C15H20N2O2/c1-2-19-10-12-5-3-4-6-14(12)17-15(18)11-7-8-13(16)9-11/h3-8,11,13H,2,9-10,16H2,1H3,(H,17,18). The molecule has 0 radical (unpaired) electrons. The van der Waals surface area contributed by atoms with E-state index in [2.05, 4.69) is 5.32 Å². The first-order valence-electron chi connectivity index (χ1n) is 6.61. The molecule has 1 aromatic rings. The predicted octanol–water partition coefficient (Wildman–Crippen LogP) is 2.06. The summed E-state index contributed by atoms with van der Waals surface area (Å²) in [6, 6.07) is 7.69. The van der Waals surface area contributed by atoms with Crippen LogP contribution in [0.2, 0.25) is 0 Å². The third-order valence-corrected chi connectivity index (χ3v) is 3.19. The van der Waals surface area contributed by atoms with Gasteiger partial charge in [0.1, 0.15) is 0 Å². The molecule has 102 valence electrons. The Hall–Kier alpha value is -1.65. The van der Waals surface area contributed by atoms with Gasteiger partial charge in [-0.15, -0.1) is 0 Å². The number of para-hydroxylation sites is 1. The van der Waals surface area contributed by atoms with Crippen LogP contribution in [0, 0.1) is 5.92 Å². The van der Waals surface area contributed by atoms with Crippen LogP contribution in [0.4, 0.5) is 5.69 Å². The Bertz CT molecular complexity index is 471. The van der Waals surface area contributed by atoms with E-state index in [1.165, 1.54) is 0 Å². The summed E-state index contributed by atoms with van der Waals surface area (Å²) in [5, 5.41) is 2.96. The molecule has 19 heavy (non-hydrogen) atoms. The molecule has 0 saturated carbocycles. The number of carbonyl (C=O) groups is 1. The van der Waals surface area contributed by atoms with Crippen LogP contribution in [0.3, 0.4) is 0 Å². The quantitative estimate of drug-likeness (QED) is 0.796. The molecule has 0 fully saturated rings. The Morgan fingerprint density at radius 2 is 2.21 bits per heavy atom. The highest BCUT2D eigenvalue weighted by atomic mass is 16.5. The molecule has 0 heterocycles. The molecule has 2 unspecified atom stereocenters. The summed E-state index contributed by atoms with van der Waals surface area (Å²) < 4.78 is 5.40. The minimum atomic E-state index is -0.129. The monoisotopic (exact) mass is 260 g/mol. The fourth-order valence-electron chi connectivity index (χ4n) is 2.13. The normalized spacial score (nSPS) is 21.6. The van der Waals surface area contributed by atoms with Gasteiger partial charge in [-0.1, -0.05) is 30.4 Å². The lowest BCUT2D eigenvalue weighted by atomic mass is 10.1. The van der Waals surface area contributed by atoms with Crippen molar-refractivity contribution < 1.29 is 9.53 Å². The summed E-state index contributed by atoms with van der Waals surface area (Å²) in [4.78, 5) is 12.1. The molecule has 1 aromatic carbocycles. The van der Waals surface area contributed by atoms with E-state index in [-0.39, 0.29) is 17.9 Å². The lowest BCUT2D eigenvalue weighted by Gasteiger charge is -2.14. The molecule has 0 aliphatic heterocycles. The average Bonchev–Trinajstić information content (AvgIpc) is 2.84. The van der Waals surface area contributed by atoms with Crippen molar-refractivity contribution in [1.82, 2.24) is 0 Å². The molecule has 2 rings (SSSR count). The summed E-state index contributed by atoms with van der Waals surface area (Å²) in [7, 11) is 0. The summed E-state index contributed by atoms with van der Waals surface area (Å²) in [6.45, 7) is 3.11. The maximum absolute atomic E-state index is 12.1. The fourth-order valence-corrected chi connectivity index (χ4v) is 2.13. The molecule has 1 amide bonds. The van der Waals surface area contributed by atoms with Gasteiger partial charge in [0, 0.05) is 23.9 Å². The molecule has 0 bridgehead atoms. The zero-order chi connectivity index (χ0) is 13.7. The van der Waals surface area contributed by atoms with E-state index in [9.17, 15) is 4.79 Å². The number of carbonyl (C=O) groups excluding carboxylic acids is 1. The lowest BCUT2D eigenvalue weighted by Crippen LogP contribution is -2.24. The Balaban J connectivity index is 2.02. The predicted molar refractivity (Wildman–Crippen MR) is 75.6 cm³/mol. The van der Waals surface area contributed by atoms with E-state index in [0.717, 1.165) is 11.3 Å². The molecule has 4 heteroatoms. The molecule has 1 aliphatic rings. The first-order chi connectivity index (χ1) is 9.20. The highest BCUT2D eigenvalue weighted by molar-refractivity contribution is 5.94. The fraction of sp³-hybridized carbons (Fsp3) is 0.400. The van der Waals surface area contributed by atoms with Crippen molar-refractivity contribution in [2.75, 3.05) is 11.9 Å². The number of anilines is 1. The number of hydrogen-bond acceptors (Lipinski definition) is 3. The molecule has 3 N–H and O–H groups in total. The van der Waals surface area contributed by atoms with E-state index in [1.54, 1.807) is 0 Å². The highest BCUT2D eigenvalue weighted by Crippen LogP contribution is 2.21. The van der Waals surface area contributed by atoms with Gasteiger partial charge in [0.05, 0.1) is 12.5 Å². The number of nitrogens with two attached hydrogens (primary N) is 1. The minimum absolute atomic E-state index is 0.00517. The summed E-state index contributed by atoms with van der Waals surface area (Å²) in [6.07, 6.45) is 4.45. The van der Waals surface area contributed by atoms with E-state index in [4.69, 9.17) is 10.5 Å². The Labute approximate surface area is 113 Å². The smallest absolute Gasteiger partial charge is 0.231 e. The summed E-state index contributed by atoms with van der Waals surface area (Å²) in [5.41, 5.74) is 7.57. The van der Waals surface area contributed by atoms with Gasteiger partial charge in [-0.25, -0.2) is 0 Å². The van der Waals surface area contributed by atoms with Crippen LogP contribution in [0.1, 0.15) is 18.9 Å². The Morgan fingerprint density at radius 1 is 1.42 bits per heavy atom. The van der Waals surface area contributed by atoms with Gasteiger partial charge in [0.2, 0.25) is 5.91 Å². The van der Waals surface area contributed by atoms with Gasteiger partial charge < -0.3 is 15.8 Å². The second-order valence-electron chi connectivity index (χ2n) is 4.67. The van der Waals surface area contributed by atoms with Crippen molar-refractivity contribution in [2.45, 2.75) is 26.0 Å². The number of ether oxygens (including phenoxy) is 1. The van der Waals surface area contributed by atoms with Crippen molar-refractivity contribution in [3.8, 4) is 0 Å². The number of rotatable bonds is 5. The SMILES string of the molecule is CCOCc1ccccc1NC(=O)C1C=CC(N)C1. The average molecular weight is 260 g/mol.